The number of hydrogen-bond donors (Lipinski definition) is 1. The second-order valence-corrected chi connectivity index (χ2v) is 5.05. The van der Waals surface area contributed by atoms with E-state index in [2.05, 4.69) is 0 Å². The molecule has 2 nitrogen and oxygen atoms in total. The van der Waals surface area contributed by atoms with Gasteiger partial charge in [-0.1, -0.05) is 24.6 Å². The molecule has 0 spiro atoms. The molecule has 2 rings (SSSR count). The smallest absolute Gasteiger partial charge is 0.132 e. The summed E-state index contributed by atoms with van der Waals surface area (Å²) in [5.41, 5.74) is 6.87. The summed E-state index contributed by atoms with van der Waals surface area (Å²) in [6, 6.07) is 11.4. The average molecular weight is 294 g/mol. The van der Waals surface area contributed by atoms with Crippen molar-refractivity contribution in [3.05, 3.63) is 58.9 Å². The third kappa shape index (κ3) is 3.71. The van der Waals surface area contributed by atoms with Gasteiger partial charge in [0.2, 0.25) is 0 Å². The van der Waals surface area contributed by atoms with Crippen molar-refractivity contribution in [1.82, 2.24) is 0 Å². The molecular formula is C16H17ClFNO. The first kappa shape index (κ1) is 14.8. The Kier molecular flexibility index (Phi) is 4.99. The Bertz CT molecular complexity index is 571. The fourth-order valence-corrected chi connectivity index (χ4v) is 2.11. The molecule has 0 saturated heterocycles. The van der Waals surface area contributed by atoms with E-state index in [9.17, 15) is 4.39 Å². The van der Waals surface area contributed by atoms with E-state index in [1.165, 1.54) is 12.1 Å². The van der Waals surface area contributed by atoms with E-state index in [-0.39, 0.29) is 11.9 Å². The van der Waals surface area contributed by atoms with Crippen molar-refractivity contribution < 1.29 is 9.13 Å². The summed E-state index contributed by atoms with van der Waals surface area (Å²) in [7, 11) is 0. The van der Waals surface area contributed by atoms with Crippen molar-refractivity contribution >= 4 is 11.6 Å². The molecule has 0 bridgehead atoms. The van der Waals surface area contributed by atoms with E-state index in [0.717, 1.165) is 12.0 Å². The minimum absolute atomic E-state index is 0.0328. The highest BCUT2D eigenvalue weighted by atomic mass is 35.5. The lowest BCUT2D eigenvalue weighted by Crippen LogP contribution is -2.21. The van der Waals surface area contributed by atoms with Gasteiger partial charge in [-0.3, -0.25) is 0 Å². The molecule has 1 atom stereocenters. The molecule has 0 aromatic heterocycles. The summed E-state index contributed by atoms with van der Waals surface area (Å²) < 4.78 is 18.7. The van der Waals surface area contributed by atoms with Gasteiger partial charge in [0.15, 0.2) is 0 Å². The molecule has 2 aromatic rings. The van der Waals surface area contributed by atoms with Crippen LogP contribution in [0.4, 0.5) is 4.39 Å². The topological polar surface area (TPSA) is 35.2 Å². The van der Waals surface area contributed by atoms with Crippen LogP contribution in [0.2, 0.25) is 5.02 Å². The summed E-state index contributed by atoms with van der Waals surface area (Å²) in [6.45, 7) is 2.03. The zero-order chi connectivity index (χ0) is 14.5. The summed E-state index contributed by atoms with van der Waals surface area (Å²) >= 11 is 6.23. The van der Waals surface area contributed by atoms with Gasteiger partial charge in [-0.25, -0.2) is 4.39 Å². The average Bonchev–Trinajstić information content (AvgIpc) is 2.45. The monoisotopic (exact) mass is 293 g/mol. The van der Waals surface area contributed by atoms with E-state index in [0.29, 0.717) is 22.9 Å². The van der Waals surface area contributed by atoms with Crippen LogP contribution in [0.3, 0.4) is 0 Å². The zero-order valence-electron chi connectivity index (χ0n) is 11.3. The summed E-state index contributed by atoms with van der Waals surface area (Å²) in [4.78, 5) is 0. The molecule has 2 N–H and O–H groups in total. The fraction of sp³-hybridized carbons (Fsp3) is 0.250. The van der Waals surface area contributed by atoms with E-state index >= 15 is 0 Å². The molecule has 2 aromatic carbocycles. The molecule has 1 unspecified atom stereocenters. The first-order valence-corrected chi connectivity index (χ1v) is 6.94. The Morgan fingerprint density at radius 2 is 1.90 bits per heavy atom. The third-order valence-corrected chi connectivity index (χ3v) is 3.46. The van der Waals surface area contributed by atoms with E-state index in [4.69, 9.17) is 22.1 Å². The van der Waals surface area contributed by atoms with Gasteiger partial charge in [0.1, 0.15) is 17.3 Å². The van der Waals surface area contributed by atoms with Gasteiger partial charge in [-0.05, 0) is 49.2 Å². The SMILES string of the molecule is CCC(N)Cc1c(Cl)cccc1Oc1ccc(F)cc1. The van der Waals surface area contributed by atoms with Crippen LogP contribution in [0.1, 0.15) is 18.9 Å². The van der Waals surface area contributed by atoms with Crippen LogP contribution in [-0.2, 0) is 6.42 Å². The molecule has 0 aliphatic carbocycles. The predicted octanol–water partition coefficient (Wildman–Crippen LogP) is 4.55. The number of hydrogen-bond acceptors (Lipinski definition) is 2. The number of halogens is 2. The standard InChI is InChI=1S/C16H17ClFNO/c1-2-12(19)10-14-15(17)4-3-5-16(14)20-13-8-6-11(18)7-9-13/h3-9,12H,2,10,19H2,1H3. The van der Waals surface area contributed by atoms with Crippen LogP contribution in [-0.4, -0.2) is 6.04 Å². The van der Waals surface area contributed by atoms with Crippen molar-refractivity contribution in [2.24, 2.45) is 5.73 Å². The van der Waals surface area contributed by atoms with Gasteiger partial charge in [0.05, 0.1) is 0 Å². The Labute approximate surface area is 123 Å². The second-order valence-electron chi connectivity index (χ2n) is 4.64. The minimum Gasteiger partial charge on any atom is -0.457 e. The van der Waals surface area contributed by atoms with Crippen molar-refractivity contribution in [2.75, 3.05) is 0 Å². The second kappa shape index (κ2) is 6.73. The van der Waals surface area contributed by atoms with Crippen molar-refractivity contribution in [3.63, 3.8) is 0 Å². The maximum Gasteiger partial charge on any atom is 0.132 e. The van der Waals surface area contributed by atoms with E-state index < -0.39 is 0 Å². The Hall–Kier alpha value is -1.58. The molecule has 0 aliphatic heterocycles. The van der Waals surface area contributed by atoms with Crippen LogP contribution in [0.25, 0.3) is 0 Å². The van der Waals surface area contributed by atoms with Gasteiger partial charge in [-0.2, -0.15) is 0 Å². The van der Waals surface area contributed by atoms with Crippen molar-refractivity contribution in [2.45, 2.75) is 25.8 Å². The highest BCUT2D eigenvalue weighted by Gasteiger charge is 2.12. The predicted molar refractivity (Wildman–Crippen MR) is 79.9 cm³/mol. The highest BCUT2D eigenvalue weighted by Crippen LogP contribution is 2.31. The van der Waals surface area contributed by atoms with Gasteiger partial charge < -0.3 is 10.5 Å². The highest BCUT2D eigenvalue weighted by molar-refractivity contribution is 6.31. The lowest BCUT2D eigenvalue weighted by Gasteiger charge is -2.15. The molecule has 106 valence electrons. The number of rotatable bonds is 5. The Balaban J connectivity index is 2.26. The Morgan fingerprint density at radius 3 is 2.55 bits per heavy atom. The van der Waals surface area contributed by atoms with Crippen LogP contribution < -0.4 is 10.5 Å². The van der Waals surface area contributed by atoms with Crippen molar-refractivity contribution in [1.29, 1.82) is 0 Å². The largest absolute Gasteiger partial charge is 0.457 e. The van der Waals surface area contributed by atoms with Crippen molar-refractivity contribution in [3.8, 4) is 11.5 Å². The van der Waals surface area contributed by atoms with Crippen LogP contribution >= 0.6 is 11.6 Å². The quantitative estimate of drug-likeness (QED) is 0.877. The van der Waals surface area contributed by atoms with Gasteiger partial charge in [0, 0.05) is 16.6 Å². The lowest BCUT2D eigenvalue weighted by atomic mass is 10.0. The fourth-order valence-electron chi connectivity index (χ4n) is 1.87. The van der Waals surface area contributed by atoms with Gasteiger partial charge in [0.25, 0.3) is 0 Å². The summed E-state index contributed by atoms with van der Waals surface area (Å²) in [5, 5.41) is 0.633. The minimum atomic E-state index is -0.295. The first-order chi connectivity index (χ1) is 9.60. The molecule has 0 radical (unpaired) electrons. The van der Waals surface area contributed by atoms with Crippen LogP contribution in [0, 0.1) is 5.82 Å². The normalized spacial score (nSPS) is 12.2. The summed E-state index contributed by atoms with van der Waals surface area (Å²) in [5.74, 6) is 0.935. The molecule has 0 saturated carbocycles. The van der Waals surface area contributed by atoms with E-state index in [1.807, 2.05) is 25.1 Å². The van der Waals surface area contributed by atoms with Crippen LogP contribution in [0.5, 0.6) is 11.5 Å². The zero-order valence-corrected chi connectivity index (χ0v) is 12.0. The molecule has 0 heterocycles. The summed E-state index contributed by atoms with van der Waals surface area (Å²) in [6.07, 6.45) is 1.51. The lowest BCUT2D eigenvalue weighted by molar-refractivity contribution is 0.470. The molecule has 0 amide bonds. The number of nitrogens with two attached hydrogens (primary N) is 1. The molecule has 4 heteroatoms. The Morgan fingerprint density at radius 1 is 1.20 bits per heavy atom. The number of benzene rings is 2. The van der Waals surface area contributed by atoms with Gasteiger partial charge >= 0.3 is 0 Å². The first-order valence-electron chi connectivity index (χ1n) is 6.56. The maximum absolute atomic E-state index is 12.9. The maximum atomic E-state index is 12.9. The van der Waals surface area contributed by atoms with E-state index in [1.54, 1.807) is 12.1 Å². The number of ether oxygens (including phenoxy) is 1. The molecule has 0 aliphatic rings. The molecule has 0 fully saturated rings. The van der Waals surface area contributed by atoms with Crippen LogP contribution in [0.15, 0.2) is 42.5 Å². The third-order valence-electron chi connectivity index (χ3n) is 3.11. The molecule has 20 heavy (non-hydrogen) atoms. The molecular weight excluding hydrogens is 277 g/mol. The van der Waals surface area contributed by atoms with Gasteiger partial charge in [-0.15, -0.1) is 0 Å².